The van der Waals surface area contributed by atoms with E-state index in [1.54, 1.807) is 0 Å². The zero-order chi connectivity index (χ0) is 13.3. The van der Waals surface area contributed by atoms with Crippen LogP contribution in [0.3, 0.4) is 0 Å². The molecule has 0 bridgehead atoms. The summed E-state index contributed by atoms with van der Waals surface area (Å²) in [6, 6.07) is 6.16. The Morgan fingerprint density at radius 1 is 1.33 bits per heavy atom. The molecule has 0 atom stereocenters. The SMILES string of the molecule is CCc1[nH]c(-c2ccc(C)c(Br)c2)nc(=S)c1Br. The largest absolute Gasteiger partial charge is 0.342 e. The van der Waals surface area contributed by atoms with Crippen LogP contribution in [-0.4, -0.2) is 9.97 Å². The summed E-state index contributed by atoms with van der Waals surface area (Å²) >= 11 is 12.3. The second-order valence-corrected chi connectivity index (χ2v) is 6.03. The number of hydrogen-bond donors (Lipinski definition) is 1. The lowest BCUT2D eigenvalue weighted by Gasteiger charge is -2.08. The van der Waals surface area contributed by atoms with Gasteiger partial charge in [0, 0.05) is 15.7 Å². The summed E-state index contributed by atoms with van der Waals surface area (Å²) in [5.41, 5.74) is 3.30. The lowest BCUT2D eigenvalue weighted by atomic mass is 10.1. The van der Waals surface area contributed by atoms with Crippen LogP contribution in [0.5, 0.6) is 0 Å². The average molecular weight is 388 g/mol. The quantitative estimate of drug-likeness (QED) is 0.717. The maximum absolute atomic E-state index is 5.26. The van der Waals surface area contributed by atoms with Gasteiger partial charge in [0.1, 0.15) is 10.5 Å². The van der Waals surface area contributed by atoms with E-state index >= 15 is 0 Å². The Morgan fingerprint density at radius 3 is 2.67 bits per heavy atom. The molecule has 0 spiro atoms. The zero-order valence-corrected chi connectivity index (χ0v) is 14.0. The molecule has 0 fully saturated rings. The van der Waals surface area contributed by atoms with Crippen molar-refractivity contribution >= 4 is 44.1 Å². The highest BCUT2D eigenvalue weighted by Crippen LogP contribution is 2.25. The normalized spacial score (nSPS) is 10.7. The van der Waals surface area contributed by atoms with Crippen LogP contribution in [0.2, 0.25) is 0 Å². The van der Waals surface area contributed by atoms with Crippen molar-refractivity contribution in [1.82, 2.24) is 9.97 Å². The van der Waals surface area contributed by atoms with Crippen molar-refractivity contribution in [2.45, 2.75) is 20.3 Å². The van der Waals surface area contributed by atoms with Gasteiger partial charge >= 0.3 is 0 Å². The molecule has 0 saturated carbocycles. The first-order valence-electron chi connectivity index (χ1n) is 5.58. The molecule has 2 aromatic rings. The summed E-state index contributed by atoms with van der Waals surface area (Å²) < 4.78 is 2.55. The monoisotopic (exact) mass is 386 g/mol. The van der Waals surface area contributed by atoms with Crippen molar-refractivity contribution in [3.8, 4) is 11.4 Å². The van der Waals surface area contributed by atoms with Crippen LogP contribution in [0.25, 0.3) is 11.4 Å². The number of aromatic amines is 1. The van der Waals surface area contributed by atoms with Crippen LogP contribution in [0, 0.1) is 11.6 Å². The van der Waals surface area contributed by atoms with E-state index in [1.165, 1.54) is 5.56 Å². The van der Waals surface area contributed by atoms with Crippen molar-refractivity contribution in [2.24, 2.45) is 0 Å². The number of halogens is 2. The average Bonchev–Trinajstić information content (AvgIpc) is 2.36. The fourth-order valence-electron chi connectivity index (χ4n) is 1.63. The van der Waals surface area contributed by atoms with E-state index in [-0.39, 0.29) is 0 Å². The van der Waals surface area contributed by atoms with Gasteiger partial charge < -0.3 is 4.98 Å². The third-order valence-corrected chi connectivity index (χ3v) is 5.00. The van der Waals surface area contributed by atoms with Crippen molar-refractivity contribution < 1.29 is 0 Å². The molecule has 1 aromatic carbocycles. The Kier molecular flexibility index (Phi) is 4.35. The van der Waals surface area contributed by atoms with Crippen LogP contribution in [0.15, 0.2) is 27.1 Å². The first-order chi connectivity index (χ1) is 8.52. The molecule has 1 heterocycles. The summed E-state index contributed by atoms with van der Waals surface area (Å²) in [6.45, 7) is 4.14. The minimum Gasteiger partial charge on any atom is -0.342 e. The van der Waals surface area contributed by atoms with E-state index in [9.17, 15) is 0 Å². The molecule has 18 heavy (non-hydrogen) atoms. The van der Waals surface area contributed by atoms with Crippen LogP contribution < -0.4 is 0 Å². The number of benzene rings is 1. The first-order valence-corrected chi connectivity index (χ1v) is 7.57. The number of aromatic nitrogens is 2. The fourth-order valence-corrected chi connectivity index (χ4v) is 2.69. The Balaban J connectivity index is 2.60. The van der Waals surface area contributed by atoms with Crippen LogP contribution in [-0.2, 0) is 6.42 Å². The molecule has 1 aromatic heterocycles. The Labute approximate surface area is 128 Å². The topological polar surface area (TPSA) is 28.7 Å². The lowest BCUT2D eigenvalue weighted by Crippen LogP contribution is -1.97. The molecule has 94 valence electrons. The summed E-state index contributed by atoms with van der Waals surface area (Å²) in [4.78, 5) is 7.73. The molecule has 0 saturated heterocycles. The summed E-state index contributed by atoms with van der Waals surface area (Å²) in [5.74, 6) is 0.806. The lowest BCUT2D eigenvalue weighted by molar-refractivity contribution is 0.983. The number of H-pyrrole nitrogens is 1. The van der Waals surface area contributed by atoms with E-state index in [4.69, 9.17) is 12.2 Å². The minimum absolute atomic E-state index is 0.595. The van der Waals surface area contributed by atoms with Gasteiger partial charge in [-0.2, -0.15) is 0 Å². The smallest absolute Gasteiger partial charge is 0.144 e. The van der Waals surface area contributed by atoms with Crippen LogP contribution >= 0.6 is 44.1 Å². The predicted molar refractivity (Wildman–Crippen MR) is 84.4 cm³/mol. The summed E-state index contributed by atoms with van der Waals surface area (Å²) in [5, 5.41) is 0. The van der Waals surface area contributed by atoms with Gasteiger partial charge in [-0.3, -0.25) is 0 Å². The van der Waals surface area contributed by atoms with Gasteiger partial charge in [0.05, 0.1) is 4.47 Å². The standard InChI is InChI=1S/C13H12Br2N2S/c1-3-10-11(15)13(18)17-12(16-10)8-5-4-7(2)9(14)6-8/h4-6H,3H2,1-2H3,(H,16,17,18). The highest BCUT2D eigenvalue weighted by atomic mass is 79.9. The minimum atomic E-state index is 0.595. The molecule has 1 N–H and O–H groups in total. The van der Waals surface area contributed by atoms with Gasteiger partial charge in [0.15, 0.2) is 0 Å². The molecular formula is C13H12Br2N2S. The van der Waals surface area contributed by atoms with Crippen LogP contribution in [0.1, 0.15) is 18.2 Å². The van der Waals surface area contributed by atoms with Gasteiger partial charge in [0.25, 0.3) is 0 Å². The third-order valence-electron chi connectivity index (χ3n) is 2.73. The van der Waals surface area contributed by atoms with Crippen molar-refractivity contribution in [1.29, 1.82) is 0 Å². The molecule has 0 aliphatic heterocycles. The predicted octanol–water partition coefficient (Wildman–Crippen LogP) is 5.20. The molecule has 0 aliphatic rings. The van der Waals surface area contributed by atoms with E-state index < -0.39 is 0 Å². The number of nitrogens with zero attached hydrogens (tertiary/aromatic N) is 1. The van der Waals surface area contributed by atoms with Gasteiger partial charge in [0.2, 0.25) is 0 Å². The van der Waals surface area contributed by atoms with Gasteiger partial charge in [-0.25, -0.2) is 4.98 Å². The molecule has 2 rings (SSSR count). The van der Waals surface area contributed by atoms with Crippen LogP contribution in [0.4, 0.5) is 0 Å². The first kappa shape index (κ1) is 13.9. The van der Waals surface area contributed by atoms with E-state index in [0.29, 0.717) is 4.64 Å². The van der Waals surface area contributed by atoms with E-state index in [1.807, 2.05) is 6.07 Å². The molecule has 2 nitrogen and oxygen atoms in total. The highest BCUT2D eigenvalue weighted by molar-refractivity contribution is 9.10. The Hall–Kier alpha value is -0.520. The molecule has 0 unspecified atom stereocenters. The second-order valence-electron chi connectivity index (χ2n) is 4.00. The van der Waals surface area contributed by atoms with Crippen molar-refractivity contribution in [3.63, 3.8) is 0 Å². The second kappa shape index (κ2) is 5.63. The van der Waals surface area contributed by atoms with E-state index in [0.717, 1.165) is 32.4 Å². The van der Waals surface area contributed by atoms with Gasteiger partial charge in [-0.1, -0.05) is 47.2 Å². The van der Waals surface area contributed by atoms with E-state index in [2.05, 4.69) is 67.8 Å². The molecule has 0 radical (unpaired) electrons. The number of hydrogen-bond acceptors (Lipinski definition) is 2. The Bertz CT molecular complexity index is 650. The number of nitrogens with one attached hydrogen (secondary N) is 1. The Morgan fingerprint density at radius 2 is 2.06 bits per heavy atom. The number of aryl methyl sites for hydroxylation is 2. The van der Waals surface area contributed by atoms with Crippen molar-refractivity contribution in [2.75, 3.05) is 0 Å². The van der Waals surface area contributed by atoms with Crippen molar-refractivity contribution in [3.05, 3.63) is 43.0 Å². The maximum Gasteiger partial charge on any atom is 0.144 e. The van der Waals surface area contributed by atoms with Gasteiger partial charge in [-0.05, 0) is 40.9 Å². The molecule has 5 heteroatoms. The zero-order valence-electron chi connectivity index (χ0n) is 10.1. The third kappa shape index (κ3) is 2.73. The molecule has 0 aliphatic carbocycles. The summed E-state index contributed by atoms with van der Waals surface area (Å²) in [7, 11) is 0. The number of rotatable bonds is 2. The highest BCUT2D eigenvalue weighted by Gasteiger charge is 2.07. The molecular weight excluding hydrogens is 376 g/mol. The summed E-state index contributed by atoms with van der Waals surface area (Å²) in [6.07, 6.45) is 0.882. The maximum atomic E-state index is 5.26. The fraction of sp³-hybridized carbons (Fsp3) is 0.231. The van der Waals surface area contributed by atoms with Gasteiger partial charge in [-0.15, -0.1) is 0 Å². The molecule has 0 amide bonds.